The molecule has 0 saturated carbocycles. The van der Waals surface area contributed by atoms with Crippen LogP contribution in [0.4, 0.5) is 5.69 Å². The molecule has 0 aliphatic heterocycles. The normalized spacial score (nSPS) is 11.5. The summed E-state index contributed by atoms with van der Waals surface area (Å²) in [4.78, 5) is 26.9. The molecule has 214 valence electrons. The van der Waals surface area contributed by atoms with Crippen LogP contribution in [-0.2, 0) is 19.6 Å². The number of hydrogen-bond donors (Lipinski definition) is 1. The molecule has 1 N–H and O–H groups in total. The fourth-order valence-corrected chi connectivity index (χ4v) is 5.77. The highest BCUT2D eigenvalue weighted by Crippen LogP contribution is 2.30. The molecule has 1 aromatic heterocycles. The number of carbonyl (C=O) groups excluding carboxylic acids is 2. The van der Waals surface area contributed by atoms with Crippen LogP contribution in [0.15, 0.2) is 82.8 Å². The molecule has 0 aliphatic carbocycles. The molecule has 0 spiro atoms. The summed E-state index contributed by atoms with van der Waals surface area (Å²) in [6.07, 6.45) is 0. The largest absolute Gasteiger partial charge is 0.336 e. The molecule has 4 aromatic rings. The van der Waals surface area contributed by atoms with E-state index < -0.39 is 10.0 Å². The maximum atomic E-state index is 12.9. The van der Waals surface area contributed by atoms with Crippen LogP contribution in [0.2, 0.25) is 0 Å². The molecule has 0 radical (unpaired) electrons. The number of amides is 2. The Balaban J connectivity index is 1.55. The summed E-state index contributed by atoms with van der Waals surface area (Å²) in [5, 5.41) is 12.0. The van der Waals surface area contributed by atoms with E-state index in [1.807, 2.05) is 62.4 Å². The van der Waals surface area contributed by atoms with E-state index in [1.165, 1.54) is 36.8 Å². The third-order valence-corrected chi connectivity index (χ3v) is 8.96. The molecule has 0 saturated heterocycles. The van der Waals surface area contributed by atoms with Gasteiger partial charge in [0.2, 0.25) is 21.8 Å². The minimum absolute atomic E-state index is 0.0211. The molecule has 0 aliphatic rings. The van der Waals surface area contributed by atoms with E-state index in [0.29, 0.717) is 22.2 Å². The zero-order valence-electron chi connectivity index (χ0n) is 23.5. The minimum Gasteiger partial charge on any atom is -0.336 e. The van der Waals surface area contributed by atoms with Gasteiger partial charge in [-0.1, -0.05) is 53.7 Å². The number of benzene rings is 3. The summed E-state index contributed by atoms with van der Waals surface area (Å²) in [7, 11) is 0.871. The van der Waals surface area contributed by atoms with Gasteiger partial charge >= 0.3 is 0 Å². The van der Waals surface area contributed by atoms with Crippen LogP contribution >= 0.6 is 11.8 Å². The van der Waals surface area contributed by atoms with Crippen molar-refractivity contribution in [3.05, 3.63) is 83.9 Å². The highest BCUT2D eigenvalue weighted by molar-refractivity contribution is 7.99. The van der Waals surface area contributed by atoms with Crippen molar-refractivity contribution in [1.82, 2.24) is 24.0 Å². The Morgan fingerprint density at radius 1 is 0.902 bits per heavy atom. The predicted octanol–water partition coefficient (Wildman–Crippen LogP) is 3.99. The van der Waals surface area contributed by atoms with Crippen molar-refractivity contribution < 1.29 is 18.0 Å². The first-order valence-electron chi connectivity index (χ1n) is 12.7. The van der Waals surface area contributed by atoms with Gasteiger partial charge in [-0.25, -0.2) is 12.7 Å². The van der Waals surface area contributed by atoms with E-state index in [4.69, 9.17) is 0 Å². The molecule has 0 atom stereocenters. The summed E-state index contributed by atoms with van der Waals surface area (Å²) >= 11 is 1.19. The van der Waals surface area contributed by atoms with Crippen molar-refractivity contribution in [3.63, 3.8) is 0 Å². The van der Waals surface area contributed by atoms with Crippen LogP contribution in [0.3, 0.4) is 0 Å². The fraction of sp³-hybridized carbons (Fsp3) is 0.241. The molecular weight excluding hydrogens is 560 g/mol. The zero-order valence-corrected chi connectivity index (χ0v) is 25.2. The van der Waals surface area contributed by atoms with E-state index >= 15 is 0 Å². The number of rotatable bonds is 10. The van der Waals surface area contributed by atoms with Crippen LogP contribution < -0.4 is 5.32 Å². The number of nitrogens with zero attached hydrogens (tertiary/aromatic N) is 5. The fourth-order valence-electron chi connectivity index (χ4n) is 3.93. The smallest absolute Gasteiger partial charge is 0.243 e. The highest BCUT2D eigenvalue weighted by atomic mass is 32.2. The third kappa shape index (κ3) is 7.20. The maximum Gasteiger partial charge on any atom is 0.243 e. The second-order valence-corrected chi connectivity index (χ2v) is 12.8. The zero-order chi connectivity index (χ0) is 29.7. The number of aromatic nitrogens is 3. The van der Waals surface area contributed by atoms with Crippen molar-refractivity contribution in [1.29, 1.82) is 0 Å². The third-order valence-electron chi connectivity index (χ3n) is 6.23. The Hall–Kier alpha value is -4.00. The number of likely N-dealkylation sites (N-methyl/N-ethyl adjacent to an activating group) is 1. The van der Waals surface area contributed by atoms with Gasteiger partial charge in [0.25, 0.3) is 0 Å². The minimum atomic E-state index is -3.66. The molecule has 10 nitrogen and oxygen atoms in total. The van der Waals surface area contributed by atoms with Crippen LogP contribution in [0.5, 0.6) is 0 Å². The number of carbonyl (C=O) groups is 2. The van der Waals surface area contributed by atoms with Crippen LogP contribution in [0.1, 0.15) is 11.1 Å². The molecule has 3 aromatic carbocycles. The van der Waals surface area contributed by atoms with Crippen molar-refractivity contribution in [2.45, 2.75) is 23.9 Å². The Bertz CT molecular complexity index is 1670. The molecule has 0 bridgehead atoms. The summed E-state index contributed by atoms with van der Waals surface area (Å²) in [6, 6.07) is 21.7. The standard InChI is InChI=1S/C29H32N6O4S2/c1-20-12-14-23(15-13-20)30-26(36)18-34(5)27(37)19-40-29-32-31-28(35(29)24-10-6-8-21(2)16-24)22-9-7-11-25(17-22)41(38,39)33(3)4/h6-17H,18-19H2,1-5H3,(H,30,36). The van der Waals surface area contributed by atoms with Crippen molar-refractivity contribution in [2.75, 3.05) is 38.8 Å². The summed E-state index contributed by atoms with van der Waals surface area (Å²) in [6.45, 7) is 3.83. The Kier molecular flexibility index (Phi) is 9.26. The lowest BCUT2D eigenvalue weighted by Gasteiger charge is -2.17. The summed E-state index contributed by atoms with van der Waals surface area (Å²) in [5.74, 6) is -0.0963. The second-order valence-electron chi connectivity index (χ2n) is 9.75. The quantitative estimate of drug-likeness (QED) is 0.277. The van der Waals surface area contributed by atoms with Gasteiger partial charge in [-0.15, -0.1) is 10.2 Å². The van der Waals surface area contributed by atoms with E-state index in [-0.39, 0.29) is 29.0 Å². The number of sulfonamides is 1. The number of thioether (sulfide) groups is 1. The van der Waals surface area contributed by atoms with Gasteiger partial charge < -0.3 is 10.2 Å². The van der Waals surface area contributed by atoms with Gasteiger partial charge in [0.05, 0.1) is 17.2 Å². The number of nitrogens with one attached hydrogen (secondary N) is 1. The molecule has 41 heavy (non-hydrogen) atoms. The van der Waals surface area contributed by atoms with Crippen LogP contribution in [0.25, 0.3) is 17.1 Å². The first-order chi connectivity index (χ1) is 19.5. The summed E-state index contributed by atoms with van der Waals surface area (Å²) < 4.78 is 28.5. The average molecular weight is 593 g/mol. The van der Waals surface area contributed by atoms with Crippen LogP contribution in [-0.4, -0.2) is 77.6 Å². The van der Waals surface area contributed by atoms with Gasteiger partial charge in [-0.3, -0.25) is 14.2 Å². The number of hydrogen-bond acceptors (Lipinski definition) is 7. The second kappa shape index (κ2) is 12.7. The van der Waals surface area contributed by atoms with Crippen LogP contribution in [0, 0.1) is 13.8 Å². The number of anilines is 1. The Labute approximate surface area is 244 Å². The molecule has 4 rings (SSSR count). The molecule has 2 amide bonds. The molecule has 0 fully saturated rings. The van der Waals surface area contributed by atoms with E-state index in [9.17, 15) is 18.0 Å². The van der Waals surface area contributed by atoms with Crippen molar-refractivity contribution in [2.24, 2.45) is 0 Å². The van der Waals surface area contributed by atoms with E-state index in [0.717, 1.165) is 21.1 Å². The maximum absolute atomic E-state index is 12.9. The SMILES string of the molecule is Cc1ccc(NC(=O)CN(C)C(=O)CSc2nnc(-c3cccc(S(=O)(=O)N(C)C)c3)n2-c2cccc(C)c2)cc1. The van der Waals surface area contributed by atoms with Gasteiger partial charge in [-0.05, 0) is 55.8 Å². The topological polar surface area (TPSA) is 117 Å². The average Bonchev–Trinajstić information content (AvgIpc) is 3.37. The first kappa shape index (κ1) is 30.0. The molecular formula is C29H32N6O4S2. The number of aryl methyl sites for hydroxylation is 2. The monoisotopic (exact) mass is 592 g/mol. The highest BCUT2D eigenvalue weighted by Gasteiger charge is 2.22. The molecule has 1 heterocycles. The van der Waals surface area contributed by atoms with Gasteiger partial charge in [-0.2, -0.15) is 0 Å². The predicted molar refractivity (Wildman–Crippen MR) is 161 cm³/mol. The van der Waals surface area contributed by atoms with E-state index in [2.05, 4.69) is 15.5 Å². The van der Waals surface area contributed by atoms with Gasteiger partial charge in [0.15, 0.2) is 11.0 Å². The first-order valence-corrected chi connectivity index (χ1v) is 15.2. The Morgan fingerprint density at radius 2 is 1.61 bits per heavy atom. The lowest BCUT2D eigenvalue weighted by Crippen LogP contribution is -2.36. The van der Waals surface area contributed by atoms with Gasteiger partial charge in [0.1, 0.15) is 0 Å². The van der Waals surface area contributed by atoms with Crippen molar-refractivity contribution in [3.8, 4) is 17.1 Å². The van der Waals surface area contributed by atoms with Gasteiger partial charge in [0, 0.05) is 38.1 Å². The molecule has 12 heteroatoms. The lowest BCUT2D eigenvalue weighted by molar-refractivity contribution is -0.131. The summed E-state index contributed by atoms with van der Waals surface area (Å²) in [5.41, 5.74) is 4.09. The Morgan fingerprint density at radius 3 is 2.29 bits per heavy atom. The van der Waals surface area contributed by atoms with E-state index in [1.54, 1.807) is 29.8 Å². The van der Waals surface area contributed by atoms with Crippen molar-refractivity contribution >= 4 is 39.3 Å². The lowest BCUT2D eigenvalue weighted by atomic mass is 10.2. The molecule has 0 unspecified atom stereocenters.